The van der Waals surface area contributed by atoms with E-state index in [1.165, 1.54) is 0 Å². The Morgan fingerprint density at radius 3 is 2.78 bits per heavy atom. The first kappa shape index (κ1) is 25.6. The number of carbonyl (C=O) groups is 1. The zero-order valence-electron chi connectivity index (χ0n) is 21.2. The van der Waals surface area contributed by atoms with Gasteiger partial charge in [-0.15, -0.1) is 5.10 Å². The highest BCUT2D eigenvalue weighted by Crippen LogP contribution is 2.38. The van der Waals surface area contributed by atoms with Gasteiger partial charge in [0.15, 0.2) is 0 Å². The number of ether oxygens (including phenoxy) is 2. The Hall–Kier alpha value is -3.46. The zero-order valence-corrected chi connectivity index (χ0v) is 22.0. The Balaban J connectivity index is 1.74. The molecule has 3 aromatic rings. The van der Waals surface area contributed by atoms with Crippen molar-refractivity contribution in [2.45, 2.75) is 51.2 Å². The minimum Gasteiger partial charge on any atom is -0.495 e. The lowest BCUT2D eigenvalue weighted by atomic mass is 9.94. The Morgan fingerprint density at radius 1 is 1.17 bits per heavy atom. The van der Waals surface area contributed by atoms with Crippen LogP contribution in [0.4, 0.5) is 11.6 Å². The number of thioether (sulfide) groups is 1. The summed E-state index contributed by atoms with van der Waals surface area (Å²) in [6.45, 7) is 6.80. The number of unbranched alkanes of at least 4 members (excludes halogenated alkanes) is 1. The summed E-state index contributed by atoms with van der Waals surface area (Å²) in [5, 5.41) is 11.8. The van der Waals surface area contributed by atoms with Crippen LogP contribution in [0.15, 0.2) is 65.0 Å². The fraction of sp³-hybridized carbons (Fsp3) is 0.370. The minimum atomic E-state index is -0.478. The molecule has 2 heterocycles. The molecule has 1 amide bonds. The van der Waals surface area contributed by atoms with Crippen molar-refractivity contribution in [3.8, 4) is 11.5 Å². The third-order valence-corrected chi connectivity index (χ3v) is 6.85. The van der Waals surface area contributed by atoms with Crippen LogP contribution in [-0.4, -0.2) is 40.1 Å². The van der Waals surface area contributed by atoms with Crippen LogP contribution in [0.2, 0.25) is 0 Å². The van der Waals surface area contributed by atoms with Crippen LogP contribution < -0.4 is 20.1 Å². The van der Waals surface area contributed by atoms with Crippen LogP contribution in [0, 0.1) is 0 Å². The second kappa shape index (κ2) is 12.0. The third kappa shape index (κ3) is 5.67. The molecule has 4 rings (SSSR count). The number of fused-ring (bicyclic) bond motifs is 1. The molecule has 0 fully saturated rings. The lowest BCUT2D eigenvalue weighted by molar-refractivity contribution is -0.113. The summed E-state index contributed by atoms with van der Waals surface area (Å²) in [5.41, 5.74) is 2.77. The van der Waals surface area contributed by atoms with Gasteiger partial charge in [0, 0.05) is 11.4 Å². The standard InChI is InChI=1S/C27H33N5O3S/c1-5-7-15-35-20-12-10-11-19(17-20)24-23(25(33)29-21-13-8-9-14-22(21)34-4)18(3)28-26-30-27(31-32(24)26)36-16-6-2/h8-14,17,24H,5-7,15-16H2,1-4H3,(H,29,33)(H,28,30,31). The molecule has 36 heavy (non-hydrogen) atoms. The monoisotopic (exact) mass is 507 g/mol. The molecule has 1 atom stereocenters. The van der Waals surface area contributed by atoms with Crippen molar-refractivity contribution in [2.75, 3.05) is 30.1 Å². The van der Waals surface area contributed by atoms with E-state index in [2.05, 4.69) is 29.5 Å². The van der Waals surface area contributed by atoms with Crippen molar-refractivity contribution in [1.29, 1.82) is 0 Å². The number of allylic oxidation sites excluding steroid dienone is 1. The molecule has 1 aliphatic heterocycles. The van der Waals surface area contributed by atoms with E-state index in [4.69, 9.17) is 14.6 Å². The number of para-hydroxylation sites is 2. The van der Waals surface area contributed by atoms with E-state index >= 15 is 0 Å². The van der Waals surface area contributed by atoms with Crippen molar-refractivity contribution in [3.63, 3.8) is 0 Å². The first-order chi connectivity index (χ1) is 17.5. The van der Waals surface area contributed by atoms with Crippen LogP contribution in [0.3, 0.4) is 0 Å². The van der Waals surface area contributed by atoms with E-state index in [1.807, 2.05) is 55.5 Å². The summed E-state index contributed by atoms with van der Waals surface area (Å²) in [5.74, 6) is 2.65. The quantitative estimate of drug-likeness (QED) is 0.247. The van der Waals surface area contributed by atoms with E-state index < -0.39 is 6.04 Å². The zero-order chi connectivity index (χ0) is 25.5. The van der Waals surface area contributed by atoms with Gasteiger partial charge in [-0.2, -0.15) is 4.98 Å². The largest absolute Gasteiger partial charge is 0.495 e. The van der Waals surface area contributed by atoms with Crippen LogP contribution in [-0.2, 0) is 4.79 Å². The average molecular weight is 508 g/mol. The number of benzene rings is 2. The summed E-state index contributed by atoms with van der Waals surface area (Å²) in [6, 6.07) is 14.8. The van der Waals surface area contributed by atoms with Gasteiger partial charge >= 0.3 is 0 Å². The number of hydrogen-bond donors (Lipinski definition) is 2. The number of hydrogen-bond acceptors (Lipinski definition) is 7. The Kier molecular flexibility index (Phi) is 8.53. The maximum Gasteiger partial charge on any atom is 0.255 e. The third-order valence-electron chi connectivity index (χ3n) is 5.81. The molecular weight excluding hydrogens is 474 g/mol. The number of carbonyl (C=O) groups excluding carboxylic acids is 1. The van der Waals surface area contributed by atoms with Gasteiger partial charge in [0.2, 0.25) is 11.1 Å². The van der Waals surface area contributed by atoms with Crippen molar-refractivity contribution < 1.29 is 14.3 Å². The molecule has 0 bridgehead atoms. The number of anilines is 2. The number of rotatable bonds is 11. The number of amides is 1. The highest BCUT2D eigenvalue weighted by atomic mass is 32.2. The van der Waals surface area contributed by atoms with Crippen LogP contribution in [0.25, 0.3) is 0 Å². The Morgan fingerprint density at radius 2 is 2.00 bits per heavy atom. The van der Waals surface area contributed by atoms with Gasteiger partial charge < -0.3 is 20.1 Å². The highest BCUT2D eigenvalue weighted by molar-refractivity contribution is 7.99. The lowest BCUT2D eigenvalue weighted by Gasteiger charge is -2.29. The van der Waals surface area contributed by atoms with Crippen molar-refractivity contribution in [3.05, 3.63) is 65.4 Å². The van der Waals surface area contributed by atoms with Crippen LogP contribution in [0.5, 0.6) is 11.5 Å². The molecule has 0 saturated heterocycles. The molecular formula is C27H33N5O3S. The Labute approximate surface area is 216 Å². The second-order valence-corrected chi connectivity index (χ2v) is 9.57. The smallest absolute Gasteiger partial charge is 0.255 e. The fourth-order valence-corrected chi connectivity index (χ4v) is 4.72. The summed E-state index contributed by atoms with van der Waals surface area (Å²) in [7, 11) is 1.59. The number of methoxy groups -OCH3 is 1. The summed E-state index contributed by atoms with van der Waals surface area (Å²) in [4.78, 5) is 18.4. The van der Waals surface area contributed by atoms with E-state index in [-0.39, 0.29) is 5.91 Å². The van der Waals surface area contributed by atoms with Crippen molar-refractivity contribution >= 4 is 29.3 Å². The van der Waals surface area contributed by atoms with Gasteiger partial charge in [-0.1, -0.05) is 56.3 Å². The Bertz CT molecular complexity index is 1240. The summed E-state index contributed by atoms with van der Waals surface area (Å²) in [6.07, 6.45) is 3.06. The molecule has 1 aliphatic rings. The van der Waals surface area contributed by atoms with Gasteiger partial charge in [0.25, 0.3) is 5.91 Å². The maximum atomic E-state index is 13.8. The van der Waals surface area contributed by atoms with Gasteiger partial charge in [-0.05, 0) is 49.6 Å². The first-order valence-corrected chi connectivity index (χ1v) is 13.3. The van der Waals surface area contributed by atoms with Gasteiger partial charge in [-0.3, -0.25) is 4.79 Å². The molecule has 1 unspecified atom stereocenters. The molecule has 0 saturated carbocycles. The van der Waals surface area contributed by atoms with E-state index in [9.17, 15) is 4.79 Å². The first-order valence-electron chi connectivity index (χ1n) is 12.3. The van der Waals surface area contributed by atoms with Gasteiger partial charge in [0.1, 0.15) is 17.5 Å². The highest BCUT2D eigenvalue weighted by Gasteiger charge is 2.35. The summed E-state index contributed by atoms with van der Waals surface area (Å²) >= 11 is 1.60. The maximum absolute atomic E-state index is 13.8. The molecule has 2 aromatic carbocycles. The van der Waals surface area contributed by atoms with Gasteiger partial charge in [-0.25, -0.2) is 4.68 Å². The molecule has 1 aromatic heterocycles. The van der Waals surface area contributed by atoms with Crippen LogP contribution in [0.1, 0.15) is 51.6 Å². The van der Waals surface area contributed by atoms with E-state index in [1.54, 1.807) is 23.6 Å². The molecule has 0 aliphatic carbocycles. The predicted molar refractivity (Wildman–Crippen MR) is 144 cm³/mol. The minimum absolute atomic E-state index is 0.240. The van der Waals surface area contributed by atoms with Gasteiger partial charge in [0.05, 0.1) is 25.0 Å². The fourth-order valence-electron chi connectivity index (χ4n) is 4.03. The second-order valence-electron chi connectivity index (χ2n) is 8.51. The SMILES string of the molecule is CCCCOc1cccc(C2C(C(=O)Nc3ccccc3OC)=C(C)Nc3nc(SCCC)nn32)c1. The molecule has 190 valence electrons. The molecule has 9 heteroatoms. The number of nitrogens with one attached hydrogen (secondary N) is 2. The molecule has 2 N–H and O–H groups in total. The predicted octanol–water partition coefficient (Wildman–Crippen LogP) is 5.90. The summed E-state index contributed by atoms with van der Waals surface area (Å²) < 4.78 is 13.2. The van der Waals surface area contributed by atoms with Crippen molar-refractivity contribution in [2.24, 2.45) is 0 Å². The van der Waals surface area contributed by atoms with Crippen LogP contribution >= 0.6 is 11.8 Å². The van der Waals surface area contributed by atoms with Crippen molar-refractivity contribution in [1.82, 2.24) is 14.8 Å². The lowest BCUT2D eigenvalue weighted by Crippen LogP contribution is -2.31. The average Bonchev–Trinajstić information content (AvgIpc) is 3.29. The van der Waals surface area contributed by atoms with E-state index in [0.717, 1.165) is 42.0 Å². The van der Waals surface area contributed by atoms with E-state index in [0.29, 0.717) is 34.7 Å². The normalized spacial score (nSPS) is 14.7. The topological polar surface area (TPSA) is 90.3 Å². The molecule has 0 radical (unpaired) electrons. The molecule has 0 spiro atoms. The number of nitrogens with zero attached hydrogens (tertiary/aromatic N) is 3. The molecule has 8 nitrogen and oxygen atoms in total. The number of aromatic nitrogens is 3.